The van der Waals surface area contributed by atoms with E-state index in [4.69, 9.17) is 38.3 Å². The second-order valence-corrected chi connectivity index (χ2v) is 9.74. The van der Waals surface area contributed by atoms with E-state index in [1.807, 2.05) is 77.8 Å². The highest BCUT2D eigenvalue weighted by atomic mass is 35.5. The Hall–Kier alpha value is -3.73. The van der Waals surface area contributed by atoms with Gasteiger partial charge < -0.3 is 0 Å². The van der Waals surface area contributed by atoms with Crippen molar-refractivity contribution in [3.8, 4) is 11.3 Å². The topological polar surface area (TPSA) is 41.4 Å². The number of hydrogen-bond donors (Lipinski definition) is 0. The van der Waals surface area contributed by atoms with Gasteiger partial charge in [-0.15, -0.1) is 0 Å². The van der Waals surface area contributed by atoms with E-state index in [0.717, 1.165) is 39.0 Å². The Balaban J connectivity index is 1.55. The Kier molecular flexibility index (Phi) is 5.92. The minimum Gasteiger partial charge on any atom is -0.223 e. The third-order valence-electron chi connectivity index (χ3n) is 6.46. The molecule has 0 radical (unpaired) electrons. The van der Waals surface area contributed by atoms with Gasteiger partial charge in [0, 0.05) is 27.4 Å². The molecule has 1 atom stereocenters. The second-order valence-electron chi connectivity index (χ2n) is 8.90. The van der Waals surface area contributed by atoms with E-state index in [1.165, 1.54) is 5.56 Å². The molecule has 1 aliphatic rings. The first-order valence-corrected chi connectivity index (χ1v) is 12.5. The Morgan fingerprint density at radius 2 is 1.53 bits per heavy atom. The van der Waals surface area contributed by atoms with Gasteiger partial charge in [-0.1, -0.05) is 102 Å². The number of anilines is 1. The highest BCUT2D eigenvalue weighted by Gasteiger charge is 2.33. The van der Waals surface area contributed by atoms with Gasteiger partial charge in [0.1, 0.15) is 0 Å². The Morgan fingerprint density at radius 1 is 0.778 bits per heavy atom. The summed E-state index contributed by atoms with van der Waals surface area (Å²) in [5.41, 5.74) is 6.86. The Morgan fingerprint density at radius 3 is 2.31 bits per heavy atom. The van der Waals surface area contributed by atoms with Crippen molar-refractivity contribution in [2.45, 2.75) is 19.4 Å². The number of rotatable bonds is 4. The fourth-order valence-electron chi connectivity index (χ4n) is 4.61. The zero-order chi connectivity index (χ0) is 24.6. The van der Waals surface area contributed by atoms with Crippen LogP contribution in [-0.4, -0.2) is 15.7 Å². The predicted molar refractivity (Wildman–Crippen MR) is 149 cm³/mol. The van der Waals surface area contributed by atoms with Crippen LogP contribution in [-0.2, 0) is 0 Å². The lowest BCUT2D eigenvalue weighted by atomic mass is 9.98. The molecule has 2 heterocycles. The average Bonchev–Trinajstić information content (AvgIpc) is 3.34. The number of benzene rings is 4. The molecular weight excluding hydrogens is 487 g/mol. The summed E-state index contributed by atoms with van der Waals surface area (Å²) in [6.45, 7) is 2.08. The van der Waals surface area contributed by atoms with Gasteiger partial charge in [-0.25, -0.2) is 15.0 Å². The predicted octanol–water partition coefficient (Wildman–Crippen LogP) is 8.27. The fourth-order valence-corrected chi connectivity index (χ4v) is 5.04. The number of halogens is 2. The highest BCUT2D eigenvalue weighted by molar-refractivity contribution is 6.31. The first-order chi connectivity index (χ1) is 17.6. The molecule has 5 aromatic rings. The lowest BCUT2D eigenvalue weighted by Gasteiger charge is -2.23. The van der Waals surface area contributed by atoms with Gasteiger partial charge >= 0.3 is 0 Å². The normalized spacial score (nSPS) is 15.4. The van der Waals surface area contributed by atoms with Crippen molar-refractivity contribution in [2.24, 2.45) is 5.10 Å². The summed E-state index contributed by atoms with van der Waals surface area (Å²) < 4.78 is 0. The molecule has 36 heavy (non-hydrogen) atoms. The van der Waals surface area contributed by atoms with Crippen LogP contribution in [0.25, 0.3) is 22.2 Å². The van der Waals surface area contributed by atoms with Crippen LogP contribution in [0.1, 0.15) is 29.2 Å². The molecule has 176 valence electrons. The van der Waals surface area contributed by atoms with Crippen LogP contribution in [0.3, 0.4) is 0 Å². The first kappa shape index (κ1) is 22.7. The number of fused-ring (bicyclic) bond motifs is 1. The summed E-state index contributed by atoms with van der Waals surface area (Å²) in [4.78, 5) is 9.99. The van der Waals surface area contributed by atoms with E-state index in [0.29, 0.717) is 22.4 Å². The van der Waals surface area contributed by atoms with E-state index < -0.39 is 0 Å². The summed E-state index contributed by atoms with van der Waals surface area (Å²) in [7, 11) is 0. The molecule has 0 aliphatic carbocycles. The average molecular weight is 509 g/mol. The van der Waals surface area contributed by atoms with Crippen LogP contribution >= 0.6 is 23.2 Å². The van der Waals surface area contributed by atoms with E-state index in [1.54, 1.807) is 0 Å². The van der Waals surface area contributed by atoms with Gasteiger partial charge in [0.05, 0.1) is 23.0 Å². The lowest BCUT2D eigenvalue weighted by molar-refractivity contribution is 0.689. The zero-order valence-electron chi connectivity index (χ0n) is 19.6. The third kappa shape index (κ3) is 4.23. The maximum atomic E-state index is 6.68. The highest BCUT2D eigenvalue weighted by Crippen LogP contribution is 2.40. The van der Waals surface area contributed by atoms with E-state index in [-0.39, 0.29) is 6.04 Å². The molecule has 0 saturated carbocycles. The first-order valence-electron chi connectivity index (χ1n) is 11.8. The molecule has 0 amide bonds. The van der Waals surface area contributed by atoms with E-state index in [2.05, 4.69) is 31.2 Å². The van der Waals surface area contributed by atoms with Crippen molar-refractivity contribution in [1.29, 1.82) is 0 Å². The molecule has 6 heteroatoms. The van der Waals surface area contributed by atoms with Crippen molar-refractivity contribution >= 4 is 45.8 Å². The van der Waals surface area contributed by atoms with Gasteiger partial charge in [0.2, 0.25) is 5.95 Å². The van der Waals surface area contributed by atoms with Crippen LogP contribution in [0.2, 0.25) is 10.0 Å². The summed E-state index contributed by atoms with van der Waals surface area (Å²) >= 11 is 13.0. The number of nitrogens with zero attached hydrogens (tertiary/aromatic N) is 4. The van der Waals surface area contributed by atoms with Crippen molar-refractivity contribution in [3.05, 3.63) is 124 Å². The van der Waals surface area contributed by atoms with E-state index >= 15 is 0 Å². The summed E-state index contributed by atoms with van der Waals surface area (Å²) in [5.74, 6) is 0.524. The van der Waals surface area contributed by atoms with Gasteiger partial charge in [-0.05, 0) is 42.3 Å². The molecule has 4 aromatic carbocycles. The second kappa shape index (κ2) is 9.38. The van der Waals surface area contributed by atoms with Crippen LogP contribution in [0, 0.1) is 6.92 Å². The molecule has 0 N–H and O–H groups in total. The molecule has 1 aromatic heterocycles. The fraction of sp³-hybridized carbons (Fsp3) is 0.100. The lowest BCUT2D eigenvalue weighted by Crippen LogP contribution is -2.21. The molecule has 1 unspecified atom stereocenters. The summed E-state index contributed by atoms with van der Waals surface area (Å²) in [6.07, 6.45) is 0.690. The molecule has 0 bridgehead atoms. The molecule has 4 nitrogen and oxygen atoms in total. The van der Waals surface area contributed by atoms with Crippen LogP contribution in [0.4, 0.5) is 5.95 Å². The van der Waals surface area contributed by atoms with Crippen LogP contribution in [0.5, 0.6) is 0 Å². The molecule has 0 fully saturated rings. The maximum Gasteiger partial charge on any atom is 0.247 e. The minimum absolute atomic E-state index is 0.136. The summed E-state index contributed by atoms with van der Waals surface area (Å²) in [6, 6.07) is 32.0. The number of aryl methyl sites for hydroxylation is 1. The number of hydrogen-bond acceptors (Lipinski definition) is 4. The van der Waals surface area contributed by atoms with Crippen molar-refractivity contribution in [3.63, 3.8) is 0 Å². The van der Waals surface area contributed by atoms with Crippen molar-refractivity contribution in [1.82, 2.24) is 9.97 Å². The largest absolute Gasteiger partial charge is 0.247 e. The monoisotopic (exact) mass is 508 g/mol. The van der Waals surface area contributed by atoms with Gasteiger partial charge in [0.25, 0.3) is 0 Å². The van der Waals surface area contributed by atoms with Crippen LogP contribution in [0.15, 0.2) is 102 Å². The van der Waals surface area contributed by atoms with Gasteiger partial charge in [0.15, 0.2) is 0 Å². The van der Waals surface area contributed by atoms with Gasteiger partial charge in [-0.3, -0.25) is 0 Å². The molecular formula is C30H22Cl2N4. The van der Waals surface area contributed by atoms with Gasteiger partial charge in [-0.2, -0.15) is 5.10 Å². The molecule has 1 aliphatic heterocycles. The Bertz CT molecular complexity index is 1600. The number of aromatic nitrogens is 2. The molecule has 0 spiro atoms. The van der Waals surface area contributed by atoms with Crippen molar-refractivity contribution in [2.75, 3.05) is 5.01 Å². The molecule has 0 saturated heterocycles. The van der Waals surface area contributed by atoms with E-state index in [9.17, 15) is 0 Å². The zero-order valence-corrected chi connectivity index (χ0v) is 21.1. The minimum atomic E-state index is -0.136. The maximum absolute atomic E-state index is 6.68. The quantitative estimate of drug-likeness (QED) is 0.245. The SMILES string of the molecule is Cc1ccc(C2=NN(c3nc(-c4ccccc4)c4cc(Cl)ccc4n3)C(c3ccccc3Cl)C2)cc1. The Labute approximate surface area is 219 Å². The number of hydrazone groups is 1. The standard InChI is InChI=1S/C30H22Cl2N4/c1-19-11-13-20(14-12-19)27-18-28(23-9-5-6-10-25(23)32)36(35-27)30-33-26-16-15-22(31)17-24(26)29(34-30)21-7-3-2-4-8-21/h2-17,28H,18H2,1H3. The smallest absolute Gasteiger partial charge is 0.223 e. The third-order valence-corrected chi connectivity index (χ3v) is 7.04. The van der Waals surface area contributed by atoms with Crippen LogP contribution < -0.4 is 5.01 Å². The summed E-state index contributed by atoms with van der Waals surface area (Å²) in [5, 5.41) is 9.21. The molecule has 6 rings (SSSR count). The van der Waals surface area contributed by atoms with Crippen molar-refractivity contribution < 1.29 is 0 Å².